The highest BCUT2D eigenvalue weighted by molar-refractivity contribution is 5.78. The van der Waals surface area contributed by atoms with E-state index in [2.05, 4.69) is 26.3 Å². The Kier molecular flexibility index (Phi) is 10.1. The fourth-order valence-electron chi connectivity index (χ4n) is 1.97. The van der Waals surface area contributed by atoms with Gasteiger partial charge in [-0.2, -0.15) is 10.5 Å². The first kappa shape index (κ1) is 19.9. The van der Waals surface area contributed by atoms with Gasteiger partial charge in [0, 0.05) is 26.1 Å². The van der Waals surface area contributed by atoms with Gasteiger partial charge in [-0.1, -0.05) is 25.3 Å². The molecule has 5 heteroatoms. The van der Waals surface area contributed by atoms with Gasteiger partial charge in [0.1, 0.15) is 12.1 Å². The van der Waals surface area contributed by atoms with Crippen molar-refractivity contribution in [1.29, 1.82) is 10.5 Å². The molecular formula is C18H22N4O. The van der Waals surface area contributed by atoms with E-state index in [1.165, 1.54) is 6.08 Å². The van der Waals surface area contributed by atoms with Crippen molar-refractivity contribution in [2.45, 2.75) is 12.8 Å². The Labute approximate surface area is 138 Å². The Morgan fingerprint density at radius 2 is 1.74 bits per heavy atom. The van der Waals surface area contributed by atoms with Crippen LogP contribution >= 0.6 is 0 Å². The molecule has 1 aliphatic heterocycles. The molecule has 0 aromatic rings. The molecule has 0 saturated carbocycles. The van der Waals surface area contributed by atoms with Crippen LogP contribution in [0, 0.1) is 22.7 Å². The minimum absolute atomic E-state index is 0.0497. The summed E-state index contributed by atoms with van der Waals surface area (Å²) < 4.78 is 0. The van der Waals surface area contributed by atoms with Crippen LogP contribution in [0.15, 0.2) is 62.0 Å². The second kappa shape index (κ2) is 11.6. The quantitative estimate of drug-likeness (QED) is 0.412. The van der Waals surface area contributed by atoms with Gasteiger partial charge in [0.15, 0.2) is 5.57 Å². The van der Waals surface area contributed by atoms with E-state index < -0.39 is 0 Å². The third-order valence-electron chi connectivity index (χ3n) is 3.04. The maximum absolute atomic E-state index is 10.7. The third kappa shape index (κ3) is 6.50. The summed E-state index contributed by atoms with van der Waals surface area (Å²) >= 11 is 0. The van der Waals surface area contributed by atoms with Crippen molar-refractivity contribution in [3.8, 4) is 12.1 Å². The highest BCUT2D eigenvalue weighted by atomic mass is 16.2. The van der Waals surface area contributed by atoms with E-state index in [4.69, 9.17) is 10.5 Å². The Balaban J connectivity index is 0.000000502. The van der Waals surface area contributed by atoms with Crippen LogP contribution in [0.5, 0.6) is 0 Å². The molecule has 0 spiro atoms. The molecule has 1 rings (SSSR count). The molecule has 1 amide bonds. The second-order valence-corrected chi connectivity index (χ2v) is 4.54. The van der Waals surface area contributed by atoms with Crippen molar-refractivity contribution in [3.05, 3.63) is 62.0 Å². The summed E-state index contributed by atoms with van der Waals surface area (Å²) in [4.78, 5) is 14.1. The predicted molar refractivity (Wildman–Crippen MR) is 91.6 cm³/mol. The molecule has 0 aromatic heterocycles. The zero-order valence-electron chi connectivity index (χ0n) is 13.4. The molecular weight excluding hydrogens is 288 g/mol. The Morgan fingerprint density at radius 3 is 2.00 bits per heavy atom. The SMILES string of the molecule is C=CCN(CC=C)C(C=C)=C(C#N)C#N.C=CN1CCCC1=O. The number of carbonyl (C=O) groups excluding carboxylic acids is 1. The zero-order chi connectivity index (χ0) is 17.7. The average Bonchev–Trinajstić information content (AvgIpc) is 2.98. The first-order chi connectivity index (χ1) is 11.1. The van der Waals surface area contributed by atoms with Crippen molar-refractivity contribution in [2.24, 2.45) is 0 Å². The number of nitrogens with zero attached hydrogens (tertiary/aromatic N) is 4. The Hall–Kier alpha value is -3.05. The number of nitriles is 2. The molecule has 0 radical (unpaired) electrons. The minimum atomic E-state index is 0.0497. The van der Waals surface area contributed by atoms with Gasteiger partial charge in [-0.05, 0) is 18.7 Å². The number of amides is 1. The van der Waals surface area contributed by atoms with Gasteiger partial charge >= 0.3 is 0 Å². The Bertz CT molecular complexity index is 549. The molecule has 0 bridgehead atoms. The second-order valence-electron chi connectivity index (χ2n) is 4.54. The van der Waals surface area contributed by atoms with Gasteiger partial charge in [0.25, 0.3) is 0 Å². The zero-order valence-corrected chi connectivity index (χ0v) is 13.4. The lowest BCUT2D eigenvalue weighted by Gasteiger charge is -2.22. The minimum Gasteiger partial charge on any atom is -0.362 e. The van der Waals surface area contributed by atoms with E-state index in [9.17, 15) is 4.79 Å². The van der Waals surface area contributed by atoms with Crippen LogP contribution in [-0.2, 0) is 4.79 Å². The normalized spacial score (nSPS) is 11.9. The van der Waals surface area contributed by atoms with Gasteiger partial charge < -0.3 is 9.80 Å². The lowest BCUT2D eigenvalue weighted by Crippen LogP contribution is -2.23. The van der Waals surface area contributed by atoms with Crippen LogP contribution in [0.25, 0.3) is 0 Å². The monoisotopic (exact) mass is 310 g/mol. The van der Waals surface area contributed by atoms with E-state index in [-0.39, 0.29) is 11.5 Å². The van der Waals surface area contributed by atoms with Gasteiger partial charge in [0.2, 0.25) is 5.91 Å². The van der Waals surface area contributed by atoms with E-state index in [0.29, 0.717) is 25.2 Å². The molecule has 120 valence electrons. The summed E-state index contributed by atoms with van der Waals surface area (Å²) in [6.45, 7) is 16.3. The van der Waals surface area contributed by atoms with E-state index in [1.807, 2.05) is 12.1 Å². The lowest BCUT2D eigenvalue weighted by atomic mass is 10.2. The molecule has 1 fully saturated rings. The lowest BCUT2D eigenvalue weighted by molar-refractivity contribution is -0.125. The van der Waals surface area contributed by atoms with Crippen molar-refractivity contribution >= 4 is 5.91 Å². The summed E-state index contributed by atoms with van der Waals surface area (Å²) in [5.41, 5.74) is 0.563. The molecule has 0 N–H and O–H groups in total. The highest BCUT2D eigenvalue weighted by Crippen LogP contribution is 2.11. The average molecular weight is 310 g/mol. The highest BCUT2D eigenvalue weighted by Gasteiger charge is 2.16. The van der Waals surface area contributed by atoms with Crippen LogP contribution in [-0.4, -0.2) is 35.3 Å². The Morgan fingerprint density at radius 1 is 1.17 bits per heavy atom. The number of rotatable bonds is 7. The van der Waals surface area contributed by atoms with Gasteiger partial charge in [-0.25, -0.2) is 0 Å². The van der Waals surface area contributed by atoms with Crippen LogP contribution in [0.1, 0.15) is 12.8 Å². The number of hydrogen-bond acceptors (Lipinski definition) is 4. The van der Waals surface area contributed by atoms with Gasteiger partial charge in [-0.3, -0.25) is 4.79 Å². The number of allylic oxidation sites excluding steroid dienone is 2. The van der Waals surface area contributed by atoms with Crippen molar-refractivity contribution < 1.29 is 4.79 Å². The predicted octanol–water partition coefficient (Wildman–Crippen LogP) is 2.90. The molecule has 1 saturated heterocycles. The molecule has 0 atom stereocenters. The standard InChI is InChI=1S/C12H13N3.C6H9NO/c1-4-7-15(8-5-2)12(6-3)11(9-13)10-14;1-2-7-5-3-4-6(7)8/h4-6H,1-3,7-8H2;2H,1,3-5H2. The molecule has 0 unspecified atom stereocenters. The molecule has 5 nitrogen and oxygen atoms in total. The molecule has 1 aliphatic rings. The van der Waals surface area contributed by atoms with Crippen LogP contribution < -0.4 is 0 Å². The van der Waals surface area contributed by atoms with Crippen LogP contribution in [0.4, 0.5) is 0 Å². The van der Waals surface area contributed by atoms with Crippen molar-refractivity contribution in [1.82, 2.24) is 9.80 Å². The summed E-state index contributed by atoms with van der Waals surface area (Å²) in [5.74, 6) is 0.208. The number of carbonyl (C=O) groups is 1. The summed E-state index contributed by atoms with van der Waals surface area (Å²) in [7, 11) is 0. The van der Waals surface area contributed by atoms with E-state index in [0.717, 1.165) is 13.0 Å². The van der Waals surface area contributed by atoms with Gasteiger partial charge in [0.05, 0.1) is 5.70 Å². The fourth-order valence-corrected chi connectivity index (χ4v) is 1.97. The van der Waals surface area contributed by atoms with Crippen molar-refractivity contribution in [3.63, 3.8) is 0 Å². The largest absolute Gasteiger partial charge is 0.362 e. The summed E-state index contributed by atoms with van der Waals surface area (Å²) in [6.07, 6.45) is 8.17. The molecule has 1 heterocycles. The summed E-state index contributed by atoms with van der Waals surface area (Å²) in [5, 5.41) is 17.5. The first-order valence-corrected chi connectivity index (χ1v) is 7.15. The van der Waals surface area contributed by atoms with Gasteiger partial charge in [-0.15, -0.1) is 13.2 Å². The molecule has 0 aliphatic carbocycles. The maximum atomic E-state index is 10.7. The van der Waals surface area contributed by atoms with E-state index in [1.54, 1.807) is 28.2 Å². The topological polar surface area (TPSA) is 71.1 Å². The number of likely N-dealkylation sites (tertiary alicyclic amines) is 1. The molecule has 0 aromatic carbocycles. The smallest absolute Gasteiger partial charge is 0.226 e. The van der Waals surface area contributed by atoms with E-state index >= 15 is 0 Å². The molecule has 23 heavy (non-hydrogen) atoms. The van der Waals surface area contributed by atoms with Crippen LogP contribution in [0.2, 0.25) is 0 Å². The third-order valence-corrected chi connectivity index (χ3v) is 3.04. The first-order valence-electron chi connectivity index (χ1n) is 7.15. The maximum Gasteiger partial charge on any atom is 0.226 e. The van der Waals surface area contributed by atoms with Crippen LogP contribution in [0.3, 0.4) is 0 Å². The number of hydrogen-bond donors (Lipinski definition) is 0. The summed E-state index contributed by atoms with van der Waals surface area (Å²) in [6, 6.07) is 3.67. The fraction of sp³-hybridized carbons (Fsp3) is 0.278. The van der Waals surface area contributed by atoms with Crippen molar-refractivity contribution in [2.75, 3.05) is 19.6 Å².